The smallest absolute Gasteiger partial charge is 0.258 e. The Morgan fingerprint density at radius 1 is 1.50 bits per heavy atom. The summed E-state index contributed by atoms with van der Waals surface area (Å²) in [6, 6.07) is 4.55. The molecule has 82 valence electrons. The molecule has 0 radical (unpaired) electrons. The lowest BCUT2D eigenvalue weighted by atomic mass is 10.2. The molecule has 0 aliphatic heterocycles. The summed E-state index contributed by atoms with van der Waals surface area (Å²) < 4.78 is 13.2. The van der Waals surface area contributed by atoms with Gasteiger partial charge in [0.25, 0.3) is 5.91 Å². The molecule has 1 aromatic heterocycles. The van der Waals surface area contributed by atoms with Gasteiger partial charge in [-0.15, -0.1) is 0 Å². The first-order valence-corrected chi connectivity index (χ1v) is 4.73. The van der Waals surface area contributed by atoms with Gasteiger partial charge >= 0.3 is 0 Å². The Morgan fingerprint density at radius 2 is 2.31 bits per heavy atom. The Labute approximate surface area is 91.5 Å². The van der Waals surface area contributed by atoms with Gasteiger partial charge in [-0.3, -0.25) is 9.89 Å². The maximum absolute atomic E-state index is 13.2. The van der Waals surface area contributed by atoms with Crippen molar-refractivity contribution in [3.05, 3.63) is 47.5 Å². The number of carbonyl (C=O) groups is 1. The molecular weight excluding hydrogens is 209 g/mol. The maximum atomic E-state index is 13.2. The highest BCUT2D eigenvalue weighted by atomic mass is 19.1. The standard InChI is InChI=1S/C11H10FN3O/c1-7-9(12)3-2-4-10(7)15-11(16)8-5-13-14-6-8/h2-6H,1H3,(H,13,14)(H,15,16). The summed E-state index contributed by atoms with van der Waals surface area (Å²) >= 11 is 0. The molecule has 0 bridgehead atoms. The third-order valence-corrected chi connectivity index (χ3v) is 2.28. The Hall–Kier alpha value is -2.17. The molecule has 5 heteroatoms. The Balaban J connectivity index is 2.22. The summed E-state index contributed by atoms with van der Waals surface area (Å²) in [5, 5.41) is 8.82. The van der Waals surface area contributed by atoms with Crippen LogP contribution < -0.4 is 5.32 Å². The van der Waals surface area contributed by atoms with Gasteiger partial charge in [-0.25, -0.2) is 4.39 Å². The van der Waals surface area contributed by atoms with Crippen LogP contribution in [0.5, 0.6) is 0 Å². The molecule has 0 saturated heterocycles. The predicted molar refractivity (Wildman–Crippen MR) is 57.7 cm³/mol. The maximum Gasteiger partial charge on any atom is 0.258 e. The Bertz CT molecular complexity index is 508. The number of benzene rings is 1. The number of H-pyrrole nitrogens is 1. The summed E-state index contributed by atoms with van der Waals surface area (Å²) in [6.45, 7) is 1.61. The lowest BCUT2D eigenvalue weighted by Crippen LogP contribution is -2.12. The predicted octanol–water partition coefficient (Wildman–Crippen LogP) is 2.11. The molecule has 2 rings (SSSR count). The third kappa shape index (κ3) is 1.93. The van der Waals surface area contributed by atoms with Gasteiger partial charge in [0, 0.05) is 17.4 Å². The summed E-state index contributed by atoms with van der Waals surface area (Å²) in [5.41, 5.74) is 1.29. The zero-order valence-electron chi connectivity index (χ0n) is 8.62. The van der Waals surface area contributed by atoms with Gasteiger partial charge < -0.3 is 5.32 Å². The van der Waals surface area contributed by atoms with Crippen LogP contribution in [0.25, 0.3) is 0 Å². The lowest BCUT2D eigenvalue weighted by molar-refractivity contribution is 0.102. The van der Waals surface area contributed by atoms with Crippen molar-refractivity contribution < 1.29 is 9.18 Å². The molecule has 0 aliphatic carbocycles. The van der Waals surface area contributed by atoms with Crippen LogP contribution in [-0.2, 0) is 0 Å². The fourth-order valence-electron chi connectivity index (χ4n) is 1.31. The number of anilines is 1. The second-order valence-electron chi connectivity index (χ2n) is 3.35. The third-order valence-electron chi connectivity index (χ3n) is 2.28. The quantitative estimate of drug-likeness (QED) is 0.812. The van der Waals surface area contributed by atoms with E-state index in [2.05, 4.69) is 15.5 Å². The van der Waals surface area contributed by atoms with Crippen molar-refractivity contribution in [2.75, 3.05) is 5.32 Å². The molecule has 2 N–H and O–H groups in total. The highest BCUT2D eigenvalue weighted by Gasteiger charge is 2.09. The number of halogens is 1. The number of carbonyl (C=O) groups excluding carboxylic acids is 1. The molecule has 1 aromatic carbocycles. The Kier molecular flexibility index (Phi) is 2.68. The van der Waals surface area contributed by atoms with E-state index in [9.17, 15) is 9.18 Å². The van der Waals surface area contributed by atoms with E-state index < -0.39 is 0 Å². The van der Waals surface area contributed by atoms with Crippen molar-refractivity contribution in [1.82, 2.24) is 10.2 Å². The fraction of sp³-hybridized carbons (Fsp3) is 0.0909. The number of hydrogen-bond donors (Lipinski definition) is 2. The van der Waals surface area contributed by atoms with Gasteiger partial charge in [-0.05, 0) is 19.1 Å². The van der Waals surface area contributed by atoms with Crippen molar-refractivity contribution in [3.63, 3.8) is 0 Å². The van der Waals surface area contributed by atoms with Crippen molar-refractivity contribution >= 4 is 11.6 Å². The number of nitrogens with zero attached hydrogens (tertiary/aromatic N) is 1. The molecule has 0 unspecified atom stereocenters. The first-order chi connectivity index (χ1) is 7.68. The van der Waals surface area contributed by atoms with Gasteiger partial charge in [0.1, 0.15) is 5.82 Å². The van der Waals surface area contributed by atoms with Crippen molar-refractivity contribution in [2.24, 2.45) is 0 Å². The Morgan fingerprint density at radius 3 is 3.00 bits per heavy atom. The highest BCUT2D eigenvalue weighted by Crippen LogP contribution is 2.17. The largest absolute Gasteiger partial charge is 0.322 e. The molecule has 16 heavy (non-hydrogen) atoms. The summed E-state index contributed by atoms with van der Waals surface area (Å²) in [6.07, 6.45) is 2.88. The molecule has 0 saturated carbocycles. The minimum Gasteiger partial charge on any atom is -0.322 e. The minimum absolute atomic E-state index is 0.317. The van der Waals surface area contributed by atoms with E-state index in [0.717, 1.165) is 0 Å². The highest BCUT2D eigenvalue weighted by molar-refractivity contribution is 6.04. The van der Waals surface area contributed by atoms with Crippen LogP contribution in [0, 0.1) is 12.7 Å². The molecule has 4 nitrogen and oxygen atoms in total. The summed E-state index contributed by atoms with van der Waals surface area (Å²) in [4.78, 5) is 11.6. The second kappa shape index (κ2) is 4.14. The van der Waals surface area contributed by atoms with E-state index in [1.807, 2.05) is 0 Å². The molecular formula is C11H10FN3O. The molecule has 1 amide bonds. The normalized spacial score (nSPS) is 10.1. The number of hydrogen-bond acceptors (Lipinski definition) is 2. The summed E-state index contributed by atoms with van der Waals surface area (Å²) in [5.74, 6) is -0.660. The van der Waals surface area contributed by atoms with Crippen LogP contribution in [-0.4, -0.2) is 16.1 Å². The lowest BCUT2D eigenvalue weighted by Gasteiger charge is -2.07. The van der Waals surface area contributed by atoms with Gasteiger partial charge in [0.2, 0.25) is 0 Å². The van der Waals surface area contributed by atoms with E-state index in [1.54, 1.807) is 19.1 Å². The van der Waals surface area contributed by atoms with E-state index in [4.69, 9.17) is 0 Å². The average molecular weight is 219 g/mol. The fourth-order valence-corrected chi connectivity index (χ4v) is 1.31. The average Bonchev–Trinajstić information content (AvgIpc) is 2.78. The second-order valence-corrected chi connectivity index (χ2v) is 3.35. The number of aromatic nitrogens is 2. The van der Waals surface area contributed by atoms with Crippen molar-refractivity contribution in [3.8, 4) is 0 Å². The molecule has 2 aromatic rings. The van der Waals surface area contributed by atoms with Crippen LogP contribution in [0.1, 0.15) is 15.9 Å². The van der Waals surface area contributed by atoms with Crippen LogP contribution in [0.3, 0.4) is 0 Å². The molecule has 0 aliphatic rings. The van der Waals surface area contributed by atoms with Crippen molar-refractivity contribution in [1.29, 1.82) is 0 Å². The molecule has 0 atom stereocenters. The minimum atomic E-state index is -0.343. The number of aromatic amines is 1. The van der Waals surface area contributed by atoms with Crippen LogP contribution in [0.2, 0.25) is 0 Å². The molecule has 1 heterocycles. The summed E-state index contributed by atoms with van der Waals surface area (Å²) in [7, 11) is 0. The SMILES string of the molecule is Cc1c(F)cccc1NC(=O)c1cn[nH]c1. The molecule has 0 fully saturated rings. The zero-order chi connectivity index (χ0) is 11.5. The van der Waals surface area contributed by atoms with Crippen molar-refractivity contribution in [2.45, 2.75) is 6.92 Å². The number of rotatable bonds is 2. The number of nitrogens with one attached hydrogen (secondary N) is 2. The van der Waals surface area contributed by atoms with Gasteiger partial charge in [0.15, 0.2) is 0 Å². The number of amides is 1. The van der Waals surface area contributed by atoms with Crippen LogP contribution in [0.4, 0.5) is 10.1 Å². The first-order valence-electron chi connectivity index (χ1n) is 4.73. The topological polar surface area (TPSA) is 57.8 Å². The van der Waals surface area contributed by atoms with Gasteiger partial charge in [0.05, 0.1) is 11.8 Å². The monoisotopic (exact) mass is 219 g/mol. The molecule has 0 spiro atoms. The van der Waals surface area contributed by atoms with E-state index in [1.165, 1.54) is 18.5 Å². The van der Waals surface area contributed by atoms with Gasteiger partial charge in [-0.1, -0.05) is 6.07 Å². The van der Waals surface area contributed by atoms with E-state index in [-0.39, 0.29) is 11.7 Å². The van der Waals surface area contributed by atoms with Crippen LogP contribution >= 0.6 is 0 Å². The van der Waals surface area contributed by atoms with Gasteiger partial charge in [-0.2, -0.15) is 5.10 Å². The van der Waals surface area contributed by atoms with Crippen LogP contribution in [0.15, 0.2) is 30.6 Å². The zero-order valence-corrected chi connectivity index (χ0v) is 8.62. The van der Waals surface area contributed by atoms with E-state index >= 15 is 0 Å². The first kappa shape index (κ1) is 10.4. The van der Waals surface area contributed by atoms with E-state index in [0.29, 0.717) is 16.8 Å².